The van der Waals surface area contributed by atoms with Gasteiger partial charge in [-0.25, -0.2) is 9.97 Å². The van der Waals surface area contributed by atoms with Crippen LogP contribution >= 0.6 is 0 Å². The van der Waals surface area contributed by atoms with Crippen molar-refractivity contribution >= 4 is 11.0 Å². The van der Waals surface area contributed by atoms with Gasteiger partial charge >= 0.3 is 0 Å². The highest BCUT2D eigenvalue weighted by Crippen LogP contribution is 2.42. The second-order valence-electron chi connectivity index (χ2n) is 8.77. The summed E-state index contributed by atoms with van der Waals surface area (Å²) >= 11 is 0. The van der Waals surface area contributed by atoms with E-state index in [4.69, 9.17) is 4.74 Å². The number of ether oxygens (including phenoxy) is 1. The van der Waals surface area contributed by atoms with Crippen molar-refractivity contribution in [3.05, 3.63) is 78.9 Å². The number of hydrogen-bond donors (Lipinski definition) is 0. The van der Waals surface area contributed by atoms with Crippen LogP contribution in [0, 0.1) is 5.92 Å². The standard InChI is InChI=1S/C26H28N4O/c1-29(2)15-20-11-22(12-20)30-16-25(24-14-27-18-28-26(24)30)21-9-6-10-23(13-21)31-17-19-7-4-3-5-8-19/h3-10,13-14,16,18,20,22H,11-12,15,17H2,1-2H3. The van der Waals surface area contributed by atoms with Crippen LogP contribution in [0.1, 0.15) is 24.4 Å². The van der Waals surface area contributed by atoms with Crippen LogP contribution in [-0.4, -0.2) is 40.1 Å². The Kier molecular flexibility index (Phi) is 5.43. The minimum absolute atomic E-state index is 0.508. The van der Waals surface area contributed by atoms with Gasteiger partial charge in [-0.2, -0.15) is 0 Å². The molecule has 0 saturated heterocycles. The molecule has 0 amide bonds. The summed E-state index contributed by atoms with van der Waals surface area (Å²) in [5.41, 5.74) is 4.48. The topological polar surface area (TPSA) is 43.2 Å². The molecule has 4 aromatic rings. The van der Waals surface area contributed by atoms with Gasteiger partial charge in [-0.15, -0.1) is 0 Å². The highest BCUT2D eigenvalue weighted by Gasteiger charge is 2.32. The molecule has 1 fully saturated rings. The normalized spacial score (nSPS) is 18.3. The Morgan fingerprint density at radius 3 is 2.71 bits per heavy atom. The summed E-state index contributed by atoms with van der Waals surface area (Å²) in [6, 6.07) is 19.1. The summed E-state index contributed by atoms with van der Waals surface area (Å²) < 4.78 is 8.42. The molecular formula is C26H28N4O. The van der Waals surface area contributed by atoms with Gasteiger partial charge in [-0.1, -0.05) is 42.5 Å². The van der Waals surface area contributed by atoms with Gasteiger partial charge in [-0.05, 0) is 56.1 Å². The molecular weight excluding hydrogens is 384 g/mol. The summed E-state index contributed by atoms with van der Waals surface area (Å²) in [6.45, 7) is 1.71. The van der Waals surface area contributed by atoms with Gasteiger partial charge < -0.3 is 14.2 Å². The summed E-state index contributed by atoms with van der Waals surface area (Å²) in [5, 5.41) is 1.10. The monoisotopic (exact) mass is 412 g/mol. The van der Waals surface area contributed by atoms with Crippen molar-refractivity contribution < 1.29 is 4.74 Å². The quantitative estimate of drug-likeness (QED) is 0.419. The lowest BCUT2D eigenvalue weighted by atomic mass is 9.80. The average Bonchev–Trinajstić information content (AvgIpc) is 3.15. The van der Waals surface area contributed by atoms with E-state index in [0.29, 0.717) is 12.6 Å². The third-order valence-electron chi connectivity index (χ3n) is 6.12. The largest absolute Gasteiger partial charge is 0.489 e. The van der Waals surface area contributed by atoms with Gasteiger partial charge in [0.25, 0.3) is 0 Å². The van der Waals surface area contributed by atoms with E-state index in [9.17, 15) is 0 Å². The summed E-state index contributed by atoms with van der Waals surface area (Å²) in [6.07, 6.45) is 8.24. The lowest BCUT2D eigenvalue weighted by Gasteiger charge is -2.38. The Bertz CT molecular complexity index is 1160. The van der Waals surface area contributed by atoms with Crippen molar-refractivity contribution in [1.82, 2.24) is 19.4 Å². The summed E-state index contributed by atoms with van der Waals surface area (Å²) in [5.74, 6) is 1.63. The second kappa shape index (κ2) is 8.52. The third kappa shape index (κ3) is 4.19. The number of nitrogens with zero attached hydrogens (tertiary/aromatic N) is 4. The van der Waals surface area contributed by atoms with Crippen molar-refractivity contribution in [2.75, 3.05) is 20.6 Å². The van der Waals surface area contributed by atoms with E-state index in [1.165, 1.54) is 12.8 Å². The summed E-state index contributed by atoms with van der Waals surface area (Å²) in [4.78, 5) is 11.2. The van der Waals surface area contributed by atoms with Gasteiger partial charge in [-0.3, -0.25) is 0 Å². The van der Waals surface area contributed by atoms with E-state index < -0.39 is 0 Å². The number of hydrogen-bond acceptors (Lipinski definition) is 4. The molecule has 31 heavy (non-hydrogen) atoms. The Morgan fingerprint density at radius 1 is 1.06 bits per heavy atom. The zero-order chi connectivity index (χ0) is 21.2. The fourth-order valence-corrected chi connectivity index (χ4v) is 4.58. The smallest absolute Gasteiger partial charge is 0.144 e. The van der Waals surface area contributed by atoms with Crippen molar-refractivity contribution in [3.8, 4) is 16.9 Å². The molecule has 0 aliphatic heterocycles. The molecule has 2 aromatic carbocycles. The van der Waals surface area contributed by atoms with Crippen LogP contribution < -0.4 is 4.74 Å². The van der Waals surface area contributed by atoms with Crippen LogP contribution in [0.4, 0.5) is 0 Å². The molecule has 2 aromatic heterocycles. The summed E-state index contributed by atoms with van der Waals surface area (Å²) in [7, 11) is 4.30. The van der Waals surface area contributed by atoms with Crippen LogP contribution in [-0.2, 0) is 6.61 Å². The average molecular weight is 413 g/mol. The predicted octanol–water partition coefficient (Wildman–Crippen LogP) is 5.19. The molecule has 0 spiro atoms. The molecule has 158 valence electrons. The Balaban J connectivity index is 1.40. The molecule has 2 heterocycles. The molecule has 0 atom stereocenters. The molecule has 0 unspecified atom stereocenters. The minimum atomic E-state index is 0.508. The van der Waals surface area contributed by atoms with Crippen LogP contribution in [0.25, 0.3) is 22.2 Å². The molecule has 1 aliphatic carbocycles. The Morgan fingerprint density at radius 2 is 1.90 bits per heavy atom. The first-order chi connectivity index (χ1) is 15.2. The van der Waals surface area contributed by atoms with E-state index in [2.05, 4.69) is 70.1 Å². The first-order valence-corrected chi connectivity index (χ1v) is 10.9. The zero-order valence-electron chi connectivity index (χ0n) is 18.1. The van der Waals surface area contributed by atoms with E-state index >= 15 is 0 Å². The van der Waals surface area contributed by atoms with Crippen LogP contribution in [0.2, 0.25) is 0 Å². The number of fused-ring (bicyclic) bond motifs is 1. The van der Waals surface area contributed by atoms with Gasteiger partial charge in [0.2, 0.25) is 0 Å². The Labute approximate surface area is 183 Å². The van der Waals surface area contributed by atoms with Crippen molar-refractivity contribution in [3.63, 3.8) is 0 Å². The fourth-order valence-electron chi connectivity index (χ4n) is 4.58. The molecule has 0 radical (unpaired) electrons. The van der Waals surface area contributed by atoms with E-state index in [1.54, 1.807) is 6.33 Å². The maximum atomic E-state index is 6.06. The van der Waals surface area contributed by atoms with Crippen LogP contribution in [0.3, 0.4) is 0 Å². The molecule has 1 aliphatic rings. The zero-order valence-corrected chi connectivity index (χ0v) is 18.1. The molecule has 0 N–H and O–H groups in total. The maximum absolute atomic E-state index is 6.06. The van der Waals surface area contributed by atoms with E-state index in [-0.39, 0.29) is 0 Å². The minimum Gasteiger partial charge on any atom is -0.489 e. The number of rotatable bonds is 7. The number of benzene rings is 2. The Hall–Kier alpha value is -3.18. The van der Waals surface area contributed by atoms with Crippen molar-refractivity contribution in [1.29, 1.82) is 0 Å². The third-order valence-corrected chi connectivity index (χ3v) is 6.12. The predicted molar refractivity (Wildman–Crippen MR) is 124 cm³/mol. The van der Waals surface area contributed by atoms with Crippen molar-refractivity contribution in [2.24, 2.45) is 5.92 Å². The highest BCUT2D eigenvalue weighted by molar-refractivity contribution is 5.93. The molecule has 1 saturated carbocycles. The SMILES string of the molecule is CN(C)CC1CC(n2cc(-c3cccc(OCc4ccccc4)c3)c3cncnc32)C1. The highest BCUT2D eigenvalue weighted by atomic mass is 16.5. The van der Waals surface area contributed by atoms with E-state index in [1.807, 2.05) is 30.5 Å². The van der Waals surface area contributed by atoms with E-state index in [0.717, 1.165) is 45.9 Å². The van der Waals surface area contributed by atoms with Gasteiger partial charge in [0.15, 0.2) is 0 Å². The lowest BCUT2D eigenvalue weighted by molar-refractivity contribution is 0.159. The van der Waals surface area contributed by atoms with Crippen LogP contribution in [0.5, 0.6) is 5.75 Å². The first kappa shape index (κ1) is 19.8. The molecule has 5 nitrogen and oxygen atoms in total. The first-order valence-electron chi connectivity index (χ1n) is 10.9. The van der Waals surface area contributed by atoms with Gasteiger partial charge in [0, 0.05) is 35.9 Å². The lowest BCUT2D eigenvalue weighted by Crippen LogP contribution is -2.33. The van der Waals surface area contributed by atoms with Gasteiger partial charge in [0.1, 0.15) is 24.3 Å². The number of aromatic nitrogens is 3. The van der Waals surface area contributed by atoms with Gasteiger partial charge in [0.05, 0.1) is 0 Å². The molecule has 5 heteroatoms. The molecule has 5 rings (SSSR count). The second-order valence-corrected chi connectivity index (χ2v) is 8.77. The molecule has 0 bridgehead atoms. The van der Waals surface area contributed by atoms with Crippen LogP contribution in [0.15, 0.2) is 73.3 Å². The van der Waals surface area contributed by atoms with Crippen molar-refractivity contribution in [2.45, 2.75) is 25.5 Å². The maximum Gasteiger partial charge on any atom is 0.144 e. The fraction of sp³-hybridized carbons (Fsp3) is 0.308.